The minimum absolute atomic E-state index is 0.00829. The van der Waals surface area contributed by atoms with Crippen LogP contribution in [0.1, 0.15) is 25.0 Å². The summed E-state index contributed by atoms with van der Waals surface area (Å²) in [4.78, 5) is 18.9. The fourth-order valence-electron chi connectivity index (χ4n) is 3.54. The molecule has 1 saturated heterocycles. The Balaban J connectivity index is 1.40. The van der Waals surface area contributed by atoms with Crippen molar-refractivity contribution >= 4 is 51.5 Å². The summed E-state index contributed by atoms with van der Waals surface area (Å²) < 4.78 is 5.85. The first-order valence-corrected chi connectivity index (χ1v) is 10.9. The number of amidine groups is 3. The number of rotatable bonds is 2. The van der Waals surface area contributed by atoms with E-state index in [4.69, 9.17) is 21.4 Å². The molecule has 0 bridgehead atoms. The van der Waals surface area contributed by atoms with Gasteiger partial charge in [0.1, 0.15) is 11.5 Å². The zero-order chi connectivity index (χ0) is 20.7. The topological polar surface area (TPSA) is 85.3 Å². The number of aliphatic imine (C=N–C) groups is 1. The highest BCUT2D eigenvalue weighted by molar-refractivity contribution is 8.26. The lowest BCUT2D eigenvalue weighted by atomic mass is 10.1. The number of carbonyl (C=O) groups excluding carboxylic acids is 1. The molecule has 30 heavy (non-hydrogen) atoms. The Morgan fingerprint density at radius 1 is 1.07 bits per heavy atom. The molecule has 0 radical (unpaired) electrons. The summed E-state index contributed by atoms with van der Waals surface area (Å²) in [5.74, 6) is 0.672. The number of hydrogen-bond donors (Lipinski definition) is 1. The highest BCUT2D eigenvalue weighted by Gasteiger charge is 2.37. The van der Waals surface area contributed by atoms with Crippen LogP contribution in [0.4, 0.5) is 0 Å². The van der Waals surface area contributed by atoms with Crippen LogP contribution in [-0.4, -0.2) is 45.1 Å². The number of nitrogens with one attached hydrogen (secondary N) is 1. The monoisotopic (exact) mass is 439 g/mol. The molecule has 1 aromatic heterocycles. The first-order chi connectivity index (χ1) is 14.6. The summed E-state index contributed by atoms with van der Waals surface area (Å²) in [5.41, 5.74) is 1.03. The average Bonchev–Trinajstić information content (AvgIpc) is 3.40. The van der Waals surface area contributed by atoms with Crippen molar-refractivity contribution in [3.05, 3.63) is 52.8 Å². The van der Waals surface area contributed by atoms with Crippen molar-refractivity contribution in [1.29, 1.82) is 5.41 Å². The van der Waals surface area contributed by atoms with Crippen molar-refractivity contribution in [3.8, 4) is 11.3 Å². The molecule has 7 nitrogen and oxygen atoms in total. The van der Waals surface area contributed by atoms with Crippen molar-refractivity contribution in [2.45, 2.75) is 19.3 Å². The van der Waals surface area contributed by atoms with E-state index in [1.165, 1.54) is 23.2 Å². The Morgan fingerprint density at radius 3 is 2.60 bits per heavy atom. The number of halogens is 1. The Morgan fingerprint density at radius 2 is 1.83 bits per heavy atom. The van der Waals surface area contributed by atoms with Crippen LogP contribution in [0.15, 0.2) is 56.5 Å². The SMILES string of the molecule is N=C1/C(=C\c2ccc(-c3ccc(Cl)cc3)o2)C(=O)N=C2SC(N3CCCCC3)=NN12. The maximum atomic E-state index is 12.6. The second-order valence-corrected chi connectivity index (χ2v) is 8.53. The second kappa shape index (κ2) is 7.77. The van der Waals surface area contributed by atoms with Crippen LogP contribution in [0.2, 0.25) is 5.02 Å². The first kappa shape index (κ1) is 19.1. The molecule has 0 spiro atoms. The molecule has 0 aliphatic carbocycles. The number of amides is 1. The standard InChI is InChI=1S/C21H18ClN5O2S/c22-14-6-4-13(5-7-14)17-9-8-15(29-17)12-16-18(23)27-20(24-19(16)28)30-21(25-27)26-10-2-1-3-11-26/h4-9,12,23H,1-3,10-11H2/b16-12+,23-18?. The molecule has 0 saturated carbocycles. The average molecular weight is 440 g/mol. The molecule has 4 heterocycles. The van der Waals surface area contributed by atoms with Gasteiger partial charge in [-0.05, 0) is 73.5 Å². The summed E-state index contributed by atoms with van der Waals surface area (Å²) in [6, 6.07) is 10.9. The molecular formula is C21H18ClN5O2S. The molecule has 1 aromatic carbocycles. The van der Waals surface area contributed by atoms with E-state index in [1.54, 1.807) is 24.3 Å². The third-order valence-electron chi connectivity index (χ3n) is 5.11. The van der Waals surface area contributed by atoms with Crippen molar-refractivity contribution < 1.29 is 9.21 Å². The molecule has 5 rings (SSSR count). The summed E-state index contributed by atoms with van der Waals surface area (Å²) in [6.07, 6.45) is 5.02. The van der Waals surface area contributed by atoms with Crippen molar-refractivity contribution in [2.24, 2.45) is 10.1 Å². The van der Waals surface area contributed by atoms with Crippen molar-refractivity contribution in [3.63, 3.8) is 0 Å². The number of furan rings is 1. The van der Waals surface area contributed by atoms with Crippen LogP contribution in [0, 0.1) is 5.41 Å². The van der Waals surface area contributed by atoms with E-state index in [-0.39, 0.29) is 11.4 Å². The van der Waals surface area contributed by atoms with E-state index in [0.717, 1.165) is 36.7 Å². The number of likely N-dealkylation sites (tertiary alicyclic amines) is 1. The van der Waals surface area contributed by atoms with Gasteiger partial charge in [-0.15, -0.1) is 5.10 Å². The Labute approximate surface area is 182 Å². The largest absolute Gasteiger partial charge is 0.457 e. The molecule has 1 N–H and O–H groups in total. The highest BCUT2D eigenvalue weighted by atomic mass is 35.5. The van der Waals surface area contributed by atoms with Gasteiger partial charge in [-0.1, -0.05) is 11.6 Å². The Bertz CT molecular complexity index is 1110. The molecule has 0 unspecified atom stereocenters. The van der Waals surface area contributed by atoms with Gasteiger partial charge >= 0.3 is 0 Å². The minimum Gasteiger partial charge on any atom is -0.457 e. The molecule has 0 atom stereocenters. The van der Waals surface area contributed by atoms with Crippen molar-refractivity contribution in [1.82, 2.24) is 9.91 Å². The molecule has 9 heteroatoms. The molecule has 3 aliphatic heterocycles. The van der Waals surface area contributed by atoms with Crippen LogP contribution < -0.4 is 0 Å². The fraction of sp³-hybridized carbons (Fsp3) is 0.238. The molecule has 152 valence electrons. The maximum Gasteiger partial charge on any atom is 0.283 e. The number of hydrazone groups is 1. The van der Waals surface area contributed by atoms with Gasteiger partial charge in [0.2, 0.25) is 5.17 Å². The molecule has 3 aliphatic rings. The lowest BCUT2D eigenvalue weighted by Gasteiger charge is -2.26. The van der Waals surface area contributed by atoms with E-state index in [0.29, 0.717) is 21.7 Å². The van der Waals surface area contributed by atoms with Crippen LogP contribution in [-0.2, 0) is 4.79 Å². The number of carbonyl (C=O) groups is 1. The predicted octanol–water partition coefficient (Wildman–Crippen LogP) is 4.66. The number of hydrogen-bond acceptors (Lipinski definition) is 6. The summed E-state index contributed by atoms with van der Waals surface area (Å²) in [6.45, 7) is 1.88. The van der Waals surface area contributed by atoms with E-state index >= 15 is 0 Å². The normalized spacial score (nSPS) is 20.5. The number of benzene rings is 1. The smallest absolute Gasteiger partial charge is 0.283 e. The zero-order valence-corrected chi connectivity index (χ0v) is 17.5. The van der Waals surface area contributed by atoms with E-state index < -0.39 is 5.91 Å². The first-order valence-electron chi connectivity index (χ1n) is 9.69. The number of piperidine rings is 1. The van der Waals surface area contributed by atoms with Gasteiger partial charge < -0.3 is 9.32 Å². The van der Waals surface area contributed by atoms with Gasteiger partial charge in [-0.3, -0.25) is 10.2 Å². The van der Waals surface area contributed by atoms with E-state index in [1.807, 2.05) is 18.2 Å². The Kier molecular flexibility index (Phi) is 4.96. The van der Waals surface area contributed by atoms with E-state index in [9.17, 15) is 4.79 Å². The lowest BCUT2D eigenvalue weighted by molar-refractivity contribution is -0.114. The van der Waals surface area contributed by atoms with Crippen LogP contribution in [0.25, 0.3) is 17.4 Å². The highest BCUT2D eigenvalue weighted by Crippen LogP contribution is 2.31. The van der Waals surface area contributed by atoms with Crippen LogP contribution in [0.3, 0.4) is 0 Å². The fourth-order valence-corrected chi connectivity index (χ4v) is 4.61. The van der Waals surface area contributed by atoms with Crippen LogP contribution in [0.5, 0.6) is 0 Å². The molecular weight excluding hydrogens is 422 g/mol. The predicted molar refractivity (Wildman–Crippen MR) is 120 cm³/mol. The van der Waals surface area contributed by atoms with Gasteiger partial charge in [-0.25, -0.2) is 0 Å². The maximum absolute atomic E-state index is 12.6. The summed E-state index contributed by atoms with van der Waals surface area (Å²) >= 11 is 7.28. The third kappa shape index (κ3) is 3.57. The number of nitrogens with zero attached hydrogens (tertiary/aromatic N) is 4. The van der Waals surface area contributed by atoms with Gasteiger partial charge in [0.25, 0.3) is 5.91 Å². The van der Waals surface area contributed by atoms with Gasteiger partial charge in [0.15, 0.2) is 11.0 Å². The van der Waals surface area contributed by atoms with Gasteiger partial charge in [-0.2, -0.15) is 10.0 Å². The second-order valence-electron chi connectivity index (χ2n) is 7.16. The van der Waals surface area contributed by atoms with Gasteiger partial charge in [0.05, 0.1) is 5.57 Å². The third-order valence-corrected chi connectivity index (χ3v) is 6.33. The minimum atomic E-state index is -0.460. The van der Waals surface area contributed by atoms with Crippen LogP contribution >= 0.6 is 23.4 Å². The quantitative estimate of drug-likeness (QED) is 0.687. The molecule has 1 amide bonds. The zero-order valence-electron chi connectivity index (χ0n) is 16.0. The number of thioether (sulfide) groups is 1. The molecule has 1 fully saturated rings. The summed E-state index contributed by atoms with van der Waals surface area (Å²) in [5, 5.41) is 16.4. The summed E-state index contributed by atoms with van der Waals surface area (Å²) in [7, 11) is 0. The van der Waals surface area contributed by atoms with Gasteiger partial charge in [0, 0.05) is 23.7 Å². The Hall–Kier alpha value is -2.84. The molecule has 2 aromatic rings. The van der Waals surface area contributed by atoms with E-state index in [2.05, 4.69) is 15.0 Å². The lowest BCUT2D eigenvalue weighted by Crippen LogP contribution is -2.35. The number of fused-ring (bicyclic) bond motifs is 1. The van der Waals surface area contributed by atoms with Crippen molar-refractivity contribution in [2.75, 3.05) is 13.1 Å².